The van der Waals surface area contributed by atoms with Crippen molar-refractivity contribution in [1.82, 2.24) is 9.55 Å². The van der Waals surface area contributed by atoms with Crippen LogP contribution in [0.3, 0.4) is 0 Å². The number of aromatic nitrogens is 2. The minimum Gasteiger partial charge on any atom is -0.491 e. The second-order valence-corrected chi connectivity index (χ2v) is 4.19. The lowest BCUT2D eigenvalue weighted by atomic mass is 10.3. The van der Waals surface area contributed by atoms with Crippen LogP contribution in [-0.4, -0.2) is 28.7 Å². The lowest BCUT2D eigenvalue weighted by molar-refractivity contribution is -0.143. The number of imidazole rings is 1. The van der Waals surface area contributed by atoms with E-state index in [2.05, 4.69) is 4.98 Å². The summed E-state index contributed by atoms with van der Waals surface area (Å²) in [7, 11) is 0. The molecule has 0 aliphatic carbocycles. The molecule has 2 rings (SSSR count). The van der Waals surface area contributed by atoms with Gasteiger partial charge in [-0.1, -0.05) is 12.1 Å². The Labute approximate surface area is 118 Å². The smallest absolute Gasteiger partial charge is 0.305 e. The highest BCUT2D eigenvalue weighted by Crippen LogP contribution is 2.22. The van der Waals surface area contributed by atoms with Crippen LogP contribution in [0.25, 0.3) is 5.69 Å². The van der Waals surface area contributed by atoms with Crippen molar-refractivity contribution in [3.8, 4) is 11.4 Å². The zero-order valence-electron chi connectivity index (χ0n) is 11.5. The molecule has 0 saturated heterocycles. The maximum absolute atomic E-state index is 11.2. The maximum Gasteiger partial charge on any atom is 0.305 e. The molecule has 2 aromatic rings. The fourth-order valence-corrected chi connectivity index (χ4v) is 1.83. The van der Waals surface area contributed by atoms with Gasteiger partial charge >= 0.3 is 5.97 Å². The van der Waals surface area contributed by atoms with Gasteiger partial charge in [-0.3, -0.25) is 4.79 Å². The number of ether oxygens (including phenoxy) is 2. The molecule has 1 aromatic carbocycles. The summed E-state index contributed by atoms with van der Waals surface area (Å²) in [5, 5.41) is 0. The summed E-state index contributed by atoms with van der Waals surface area (Å²) in [6, 6.07) is 7.73. The molecule has 0 atom stereocenters. The van der Waals surface area contributed by atoms with Crippen LogP contribution in [-0.2, 0) is 9.53 Å². The number of nitrogens with zero attached hydrogens (tertiary/aromatic N) is 2. The fourth-order valence-electron chi connectivity index (χ4n) is 1.83. The van der Waals surface area contributed by atoms with Gasteiger partial charge in [-0.05, 0) is 25.5 Å². The number of para-hydroxylation sites is 2. The van der Waals surface area contributed by atoms with E-state index < -0.39 is 0 Å². The molecule has 1 aromatic heterocycles. The van der Waals surface area contributed by atoms with E-state index in [4.69, 9.17) is 9.47 Å². The molecule has 0 aliphatic rings. The van der Waals surface area contributed by atoms with Crippen LogP contribution >= 0.6 is 0 Å². The highest BCUT2D eigenvalue weighted by atomic mass is 16.5. The van der Waals surface area contributed by atoms with Crippen LogP contribution in [0.2, 0.25) is 0 Å². The van der Waals surface area contributed by atoms with Gasteiger partial charge in [0.25, 0.3) is 0 Å². The third-order valence-electron chi connectivity index (χ3n) is 2.74. The summed E-state index contributed by atoms with van der Waals surface area (Å²) in [5.74, 6) is 0.591. The first-order chi connectivity index (χ1) is 9.81. The van der Waals surface area contributed by atoms with E-state index in [1.165, 1.54) is 0 Å². The summed E-state index contributed by atoms with van der Waals surface area (Å²) in [4.78, 5) is 15.2. The standard InChI is InChI=1S/C15H18N2O3/c1-2-19-15(18)8-5-11-20-14-7-4-3-6-13(14)17-10-9-16-12-17/h3-4,6-7,9-10,12H,2,5,8,11H2,1H3. The second kappa shape index (κ2) is 7.33. The van der Waals surface area contributed by atoms with Crippen LogP contribution in [0.15, 0.2) is 43.0 Å². The molecule has 0 spiro atoms. The quantitative estimate of drug-likeness (QED) is 0.575. The molecule has 0 amide bonds. The first kappa shape index (κ1) is 14.1. The van der Waals surface area contributed by atoms with Gasteiger partial charge in [-0.15, -0.1) is 0 Å². The Hall–Kier alpha value is -2.30. The van der Waals surface area contributed by atoms with E-state index in [9.17, 15) is 4.79 Å². The van der Waals surface area contributed by atoms with Gasteiger partial charge in [0.2, 0.25) is 0 Å². The SMILES string of the molecule is CCOC(=O)CCCOc1ccccc1-n1ccnc1. The fraction of sp³-hybridized carbons (Fsp3) is 0.333. The molecule has 0 bridgehead atoms. The van der Waals surface area contributed by atoms with Gasteiger partial charge in [0, 0.05) is 18.8 Å². The second-order valence-electron chi connectivity index (χ2n) is 4.19. The lowest BCUT2D eigenvalue weighted by Crippen LogP contribution is -2.07. The van der Waals surface area contributed by atoms with Crippen LogP contribution in [0.1, 0.15) is 19.8 Å². The van der Waals surface area contributed by atoms with E-state index in [-0.39, 0.29) is 5.97 Å². The Bertz CT molecular complexity index is 538. The van der Waals surface area contributed by atoms with E-state index in [0.29, 0.717) is 26.1 Å². The van der Waals surface area contributed by atoms with Crippen molar-refractivity contribution in [3.63, 3.8) is 0 Å². The Morgan fingerprint density at radius 1 is 1.35 bits per heavy atom. The lowest BCUT2D eigenvalue weighted by Gasteiger charge is -2.11. The van der Waals surface area contributed by atoms with Crippen molar-refractivity contribution >= 4 is 5.97 Å². The van der Waals surface area contributed by atoms with Crippen LogP contribution in [0.4, 0.5) is 0 Å². The number of carbonyl (C=O) groups excluding carboxylic acids is 1. The van der Waals surface area contributed by atoms with Crippen LogP contribution < -0.4 is 4.74 Å². The molecule has 0 N–H and O–H groups in total. The topological polar surface area (TPSA) is 53.4 Å². The van der Waals surface area contributed by atoms with Gasteiger partial charge in [0.1, 0.15) is 5.75 Å². The Kier molecular flexibility index (Phi) is 5.17. The number of benzene rings is 1. The molecule has 0 aliphatic heterocycles. The van der Waals surface area contributed by atoms with E-state index >= 15 is 0 Å². The van der Waals surface area contributed by atoms with Crippen molar-refractivity contribution in [1.29, 1.82) is 0 Å². The van der Waals surface area contributed by atoms with Crippen molar-refractivity contribution in [3.05, 3.63) is 43.0 Å². The summed E-state index contributed by atoms with van der Waals surface area (Å²) in [6.45, 7) is 2.70. The highest BCUT2D eigenvalue weighted by molar-refractivity contribution is 5.69. The Morgan fingerprint density at radius 3 is 2.95 bits per heavy atom. The van der Waals surface area contributed by atoms with Gasteiger partial charge in [-0.25, -0.2) is 4.98 Å². The molecular formula is C15H18N2O3. The third kappa shape index (κ3) is 3.85. The number of rotatable bonds is 7. The molecule has 0 radical (unpaired) electrons. The molecule has 5 heteroatoms. The number of carbonyl (C=O) groups is 1. The number of hydrogen-bond acceptors (Lipinski definition) is 4. The maximum atomic E-state index is 11.2. The molecule has 0 unspecified atom stereocenters. The Balaban J connectivity index is 1.89. The van der Waals surface area contributed by atoms with Crippen molar-refractivity contribution in [2.45, 2.75) is 19.8 Å². The average molecular weight is 274 g/mol. The van der Waals surface area contributed by atoms with E-state index in [1.54, 1.807) is 19.4 Å². The van der Waals surface area contributed by atoms with Gasteiger partial charge in [-0.2, -0.15) is 0 Å². The molecule has 20 heavy (non-hydrogen) atoms. The van der Waals surface area contributed by atoms with Crippen LogP contribution in [0.5, 0.6) is 5.75 Å². The monoisotopic (exact) mass is 274 g/mol. The minimum atomic E-state index is -0.181. The first-order valence-corrected chi connectivity index (χ1v) is 6.67. The largest absolute Gasteiger partial charge is 0.491 e. The Morgan fingerprint density at radius 2 is 2.20 bits per heavy atom. The summed E-state index contributed by atoms with van der Waals surface area (Å²) in [5.41, 5.74) is 0.932. The van der Waals surface area contributed by atoms with Crippen molar-refractivity contribution in [2.75, 3.05) is 13.2 Å². The summed E-state index contributed by atoms with van der Waals surface area (Å²) < 4.78 is 12.5. The normalized spacial score (nSPS) is 10.2. The van der Waals surface area contributed by atoms with Crippen molar-refractivity contribution in [2.24, 2.45) is 0 Å². The summed E-state index contributed by atoms with van der Waals surface area (Å²) >= 11 is 0. The van der Waals surface area contributed by atoms with Crippen molar-refractivity contribution < 1.29 is 14.3 Å². The van der Waals surface area contributed by atoms with Gasteiger partial charge in [0.05, 0.1) is 25.2 Å². The zero-order valence-corrected chi connectivity index (χ0v) is 11.5. The molecular weight excluding hydrogens is 256 g/mol. The first-order valence-electron chi connectivity index (χ1n) is 6.67. The average Bonchev–Trinajstić information content (AvgIpc) is 2.98. The molecule has 106 valence electrons. The third-order valence-corrected chi connectivity index (χ3v) is 2.74. The number of hydrogen-bond donors (Lipinski definition) is 0. The van der Waals surface area contributed by atoms with E-state index in [0.717, 1.165) is 11.4 Å². The highest BCUT2D eigenvalue weighted by Gasteiger charge is 2.06. The van der Waals surface area contributed by atoms with Gasteiger partial charge < -0.3 is 14.0 Å². The number of esters is 1. The van der Waals surface area contributed by atoms with Gasteiger partial charge in [0.15, 0.2) is 0 Å². The predicted molar refractivity (Wildman–Crippen MR) is 74.9 cm³/mol. The zero-order chi connectivity index (χ0) is 14.2. The van der Waals surface area contributed by atoms with Crippen LogP contribution in [0, 0.1) is 0 Å². The predicted octanol–water partition coefficient (Wildman–Crippen LogP) is 2.59. The molecule has 0 fully saturated rings. The minimum absolute atomic E-state index is 0.181. The van der Waals surface area contributed by atoms with E-state index in [1.807, 2.05) is 35.0 Å². The molecule has 0 saturated carbocycles. The summed E-state index contributed by atoms with van der Waals surface area (Å²) in [6.07, 6.45) is 6.32. The molecule has 1 heterocycles. The molecule has 5 nitrogen and oxygen atoms in total.